The highest BCUT2D eigenvalue weighted by molar-refractivity contribution is 9.10. The summed E-state index contributed by atoms with van der Waals surface area (Å²) in [6.45, 7) is 2.70. The zero-order chi connectivity index (χ0) is 22.3. The molecule has 0 radical (unpaired) electrons. The topological polar surface area (TPSA) is 55.7 Å². The van der Waals surface area contributed by atoms with E-state index in [0.29, 0.717) is 30.5 Å². The van der Waals surface area contributed by atoms with Crippen molar-refractivity contribution in [2.75, 3.05) is 12.0 Å². The number of halogens is 2. The van der Waals surface area contributed by atoms with Gasteiger partial charge in [-0.2, -0.15) is 5.10 Å². The van der Waals surface area contributed by atoms with Crippen LogP contribution in [-0.2, 0) is 6.61 Å². The van der Waals surface area contributed by atoms with Crippen LogP contribution in [-0.4, -0.2) is 17.8 Å². The Balaban J connectivity index is 1.49. The third-order valence-corrected chi connectivity index (χ3v) is 5.34. The molecule has 5 nitrogen and oxygen atoms in total. The van der Waals surface area contributed by atoms with E-state index >= 15 is 0 Å². The van der Waals surface area contributed by atoms with Crippen molar-refractivity contribution in [3.8, 4) is 11.5 Å². The van der Waals surface area contributed by atoms with Gasteiger partial charge < -0.3 is 9.47 Å². The number of pyridine rings is 1. The second-order valence-electron chi connectivity index (χ2n) is 6.93. The van der Waals surface area contributed by atoms with Crippen molar-refractivity contribution in [2.24, 2.45) is 5.10 Å². The lowest BCUT2D eigenvalue weighted by molar-refractivity contribution is 0.269. The Morgan fingerprint density at radius 1 is 1.00 bits per heavy atom. The lowest BCUT2D eigenvalue weighted by atomic mass is 10.2. The molecule has 162 valence electrons. The van der Waals surface area contributed by atoms with Gasteiger partial charge in [0.2, 0.25) is 0 Å². The first-order valence-corrected chi connectivity index (χ1v) is 10.9. The van der Waals surface area contributed by atoms with Gasteiger partial charge in [0, 0.05) is 15.4 Å². The number of fused-ring (bicyclic) bond motifs is 1. The highest BCUT2D eigenvalue weighted by Gasteiger charge is 2.11. The van der Waals surface area contributed by atoms with Gasteiger partial charge in [-0.1, -0.05) is 30.3 Å². The minimum absolute atomic E-state index is 0.275. The lowest BCUT2D eigenvalue weighted by Gasteiger charge is -2.14. The molecular weight excluding hydrogens is 473 g/mol. The summed E-state index contributed by atoms with van der Waals surface area (Å²) in [4.78, 5) is 4.54. The first-order chi connectivity index (χ1) is 15.6. The van der Waals surface area contributed by atoms with E-state index in [1.807, 2.05) is 55.5 Å². The van der Waals surface area contributed by atoms with Gasteiger partial charge in [-0.15, -0.1) is 0 Å². The molecule has 0 aliphatic heterocycles. The van der Waals surface area contributed by atoms with Crippen molar-refractivity contribution in [3.63, 3.8) is 0 Å². The van der Waals surface area contributed by atoms with Gasteiger partial charge in [0.25, 0.3) is 0 Å². The molecule has 7 heteroatoms. The van der Waals surface area contributed by atoms with Crippen LogP contribution in [0, 0.1) is 5.82 Å². The third kappa shape index (κ3) is 5.42. The first kappa shape index (κ1) is 21.8. The summed E-state index contributed by atoms with van der Waals surface area (Å²) in [5.41, 5.74) is 5.54. The molecule has 4 aromatic rings. The smallest absolute Gasteiger partial charge is 0.162 e. The summed E-state index contributed by atoms with van der Waals surface area (Å²) in [5, 5.41) is 5.38. The van der Waals surface area contributed by atoms with Crippen LogP contribution in [0.1, 0.15) is 18.1 Å². The summed E-state index contributed by atoms with van der Waals surface area (Å²) in [5.74, 6) is 1.57. The number of benzene rings is 3. The number of nitrogens with one attached hydrogen (secondary N) is 1. The molecule has 0 bridgehead atoms. The Bertz CT molecular complexity index is 1250. The van der Waals surface area contributed by atoms with Crippen molar-refractivity contribution in [1.82, 2.24) is 4.98 Å². The molecule has 0 saturated carbocycles. The summed E-state index contributed by atoms with van der Waals surface area (Å²) in [6, 6.07) is 21.7. The van der Waals surface area contributed by atoms with E-state index in [9.17, 15) is 4.39 Å². The number of ether oxygens (including phenoxy) is 2. The van der Waals surface area contributed by atoms with E-state index in [0.717, 1.165) is 26.5 Å². The Morgan fingerprint density at radius 3 is 2.59 bits per heavy atom. The van der Waals surface area contributed by atoms with E-state index in [2.05, 4.69) is 31.4 Å². The van der Waals surface area contributed by atoms with Crippen LogP contribution in [0.15, 0.2) is 82.4 Å². The van der Waals surface area contributed by atoms with Gasteiger partial charge in [-0.3, -0.25) is 5.43 Å². The predicted molar refractivity (Wildman–Crippen MR) is 129 cm³/mol. The molecule has 0 atom stereocenters. The van der Waals surface area contributed by atoms with Crippen molar-refractivity contribution in [2.45, 2.75) is 13.5 Å². The van der Waals surface area contributed by atoms with Crippen molar-refractivity contribution >= 4 is 38.9 Å². The third-order valence-electron chi connectivity index (χ3n) is 4.65. The number of hydrogen-bond acceptors (Lipinski definition) is 5. The van der Waals surface area contributed by atoms with Gasteiger partial charge in [-0.05, 0) is 70.9 Å². The van der Waals surface area contributed by atoms with Gasteiger partial charge in [0.1, 0.15) is 18.2 Å². The predicted octanol–water partition coefficient (Wildman–Crippen LogP) is 6.56. The Hall–Kier alpha value is -3.45. The number of hydrogen-bond donors (Lipinski definition) is 1. The maximum absolute atomic E-state index is 13.1. The fourth-order valence-electron chi connectivity index (χ4n) is 3.07. The Labute approximate surface area is 194 Å². The van der Waals surface area contributed by atoms with Gasteiger partial charge >= 0.3 is 0 Å². The molecule has 0 aliphatic rings. The van der Waals surface area contributed by atoms with Gasteiger partial charge in [0.15, 0.2) is 11.5 Å². The van der Waals surface area contributed by atoms with Crippen molar-refractivity contribution < 1.29 is 13.9 Å². The van der Waals surface area contributed by atoms with Crippen LogP contribution < -0.4 is 14.9 Å². The number of hydrazone groups is 1. The van der Waals surface area contributed by atoms with E-state index in [4.69, 9.17) is 9.47 Å². The zero-order valence-electron chi connectivity index (χ0n) is 17.4. The fourth-order valence-corrected chi connectivity index (χ4v) is 3.49. The van der Waals surface area contributed by atoms with Crippen LogP contribution >= 0.6 is 15.9 Å². The van der Waals surface area contributed by atoms with Crippen molar-refractivity contribution in [3.05, 3.63) is 94.2 Å². The van der Waals surface area contributed by atoms with Crippen LogP contribution in [0.4, 0.5) is 10.2 Å². The molecular formula is C25H21BrFN3O2. The molecule has 0 fully saturated rings. The summed E-state index contributed by atoms with van der Waals surface area (Å²) in [7, 11) is 0. The number of anilines is 1. The minimum atomic E-state index is -0.275. The quantitative estimate of drug-likeness (QED) is 0.223. The molecule has 1 heterocycles. The second-order valence-corrected chi connectivity index (χ2v) is 7.78. The van der Waals surface area contributed by atoms with E-state index in [-0.39, 0.29) is 5.82 Å². The number of aromatic nitrogens is 1. The van der Waals surface area contributed by atoms with Crippen molar-refractivity contribution in [1.29, 1.82) is 0 Å². The molecule has 0 aliphatic carbocycles. The lowest BCUT2D eigenvalue weighted by Crippen LogP contribution is -2.01. The number of rotatable bonds is 8. The summed E-state index contributed by atoms with van der Waals surface area (Å²) in [6.07, 6.45) is 1.69. The Kier molecular flexibility index (Phi) is 6.97. The highest BCUT2D eigenvalue weighted by atomic mass is 79.9. The van der Waals surface area contributed by atoms with Crippen LogP contribution in [0.2, 0.25) is 0 Å². The van der Waals surface area contributed by atoms with Crippen LogP contribution in [0.3, 0.4) is 0 Å². The standard InChI is InChI=1S/C25H21BrFN3O2/c1-2-31-23-13-19(15-28-30-25-12-9-18-5-3-4-6-22(18)29-25)21(26)14-24(23)32-16-17-7-10-20(27)11-8-17/h3-15H,2,16H2,1H3,(H,29,30)/b28-15-. The number of para-hydroxylation sites is 1. The highest BCUT2D eigenvalue weighted by Crippen LogP contribution is 2.34. The average Bonchev–Trinajstić information content (AvgIpc) is 2.81. The SMILES string of the molecule is CCOc1cc(/C=N\Nc2ccc3ccccc3n2)c(Br)cc1OCc1ccc(F)cc1. The summed E-state index contributed by atoms with van der Waals surface area (Å²) < 4.78 is 25.6. The first-order valence-electron chi connectivity index (χ1n) is 10.1. The van der Waals surface area contributed by atoms with Crippen LogP contribution in [0.5, 0.6) is 11.5 Å². The molecule has 0 unspecified atom stereocenters. The molecule has 0 saturated heterocycles. The zero-order valence-corrected chi connectivity index (χ0v) is 19.0. The Morgan fingerprint density at radius 2 is 1.78 bits per heavy atom. The molecule has 32 heavy (non-hydrogen) atoms. The maximum atomic E-state index is 13.1. The minimum Gasteiger partial charge on any atom is -0.490 e. The van der Waals surface area contributed by atoms with E-state index in [1.54, 1.807) is 18.3 Å². The maximum Gasteiger partial charge on any atom is 0.162 e. The van der Waals surface area contributed by atoms with Gasteiger partial charge in [-0.25, -0.2) is 9.37 Å². The summed E-state index contributed by atoms with van der Waals surface area (Å²) >= 11 is 3.57. The van der Waals surface area contributed by atoms with E-state index < -0.39 is 0 Å². The number of nitrogens with zero attached hydrogens (tertiary/aromatic N) is 2. The largest absolute Gasteiger partial charge is 0.490 e. The molecule has 1 N–H and O–H groups in total. The fraction of sp³-hybridized carbons (Fsp3) is 0.120. The second kappa shape index (κ2) is 10.2. The normalized spacial score (nSPS) is 11.1. The molecule has 0 spiro atoms. The average molecular weight is 494 g/mol. The molecule has 3 aromatic carbocycles. The van der Waals surface area contributed by atoms with E-state index in [1.165, 1.54) is 12.1 Å². The van der Waals surface area contributed by atoms with Crippen LogP contribution in [0.25, 0.3) is 10.9 Å². The molecule has 1 aromatic heterocycles. The molecule has 0 amide bonds. The monoisotopic (exact) mass is 493 g/mol. The molecule has 4 rings (SSSR count). The van der Waals surface area contributed by atoms with Gasteiger partial charge in [0.05, 0.1) is 18.3 Å².